The van der Waals surface area contributed by atoms with E-state index in [9.17, 15) is 0 Å². The summed E-state index contributed by atoms with van der Waals surface area (Å²) in [5.41, 5.74) is 2.75. The van der Waals surface area contributed by atoms with Crippen LogP contribution in [0.4, 0.5) is 0 Å². The van der Waals surface area contributed by atoms with Gasteiger partial charge in [-0.15, -0.1) is 5.10 Å². The first kappa shape index (κ1) is 14.2. The summed E-state index contributed by atoms with van der Waals surface area (Å²) < 4.78 is 9.64. The number of rotatable bonds is 3. The number of fused-ring (bicyclic) bond motifs is 1. The minimum Gasteiger partial charge on any atom is -0.473 e. The largest absolute Gasteiger partial charge is 0.473 e. The lowest BCUT2D eigenvalue weighted by molar-refractivity contribution is 0.179. The van der Waals surface area contributed by atoms with Gasteiger partial charge in [-0.1, -0.05) is 0 Å². The summed E-state index contributed by atoms with van der Waals surface area (Å²) >= 11 is 0. The maximum absolute atomic E-state index is 6.05. The molecule has 120 valence electrons. The molecule has 3 aromatic rings. The maximum atomic E-state index is 6.05. The molecule has 0 amide bonds. The van der Waals surface area contributed by atoms with E-state index in [0.29, 0.717) is 5.88 Å². The van der Waals surface area contributed by atoms with Crippen LogP contribution < -0.4 is 10.1 Å². The van der Waals surface area contributed by atoms with E-state index in [2.05, 4.69) is 20.5 Å². The fraction of sp³-hybridized carbons (Fsp3) is 0.438. The lowest BCUT2D eigenvalue weighted by Gasteiger charge is -2.13. The van der Waals surface area contributed by atoms with Crippen molar-refractivity contribution < 1.29 is 4.74 Å². The van der Waals surface area contributed by atoms with Crippen LogP contribution in [0.2, 0.25) is 0 Å². The number of hydrogen-bond acceptors (Lipinski definition) is 5. The van der Waals surface area contributed by atoms with Crippen molar-refractivity contribution in [2.75, 3.05) is 13.1 Å². The second kappa shape index (κ2) is 6.00. The summed E-state index contributed by atoms with van der Waals surface area (Å²) in [5.74, 6) is 0.669. The van der Waals surface area contributed by atoms with Crippen molar-refractivity contribution in [2.45, 2.75) is 25.4 Å². The first-order valence-corrected chi connectivity index (χ1v) is 8.00. The number of ether oxygens (including phenoxy) is 1. The van der Waals surface area contributed by atoms with Gasteiger partial charge in [-0.3, -0.25) is 9.67 Å². The standard InChI is InChI=1S/C16H20N6O/c1-21-10-12(8-19-21)15-11-22-13(9-18-15)7-16(20-22)23-14-3-2-5-17-6-4-14/h7-11,14,17H,2-6H2,1H3. The SMILES string of the molecule is Cn1cc(-c2cn3nc(OC4CCCNCC4)cc3cn2)cn1. The molecular formula is C16H20N6O. The highest BCUT2D eigenvalue weighted by Crippen LogP contribution is 2.21. The van der Waals surface area contributed by atoms with Gasteiger partial charge in [0.1, 0.15) is 6.10 Å². The molecule has 1 unspecified atom stereocenters. The van der Waals surface area contributed by atoms with E-state index >= 15 is 0 Å². The van der Waals surface area contributed by atoms with E-state index in [-0.39, 0.29) is 6.10 Å². The fourth-order valence-corrected chi connectivity index (χ4v) is 2.91. The third-order valence-corrected chi connectivity index (χ3v) is 4.13. The number of hydrogen-bond donors (Lipinski definition) is 1. The van der Waals surface area contributed by atoms with Crippen molar-refractivity contribution in [3.05, 3.63) is 30.9 Å². The molecule has 1 atom stereocenters. The highest BCUT2D eigenvalue weighted by atomic mass is 16.5. The van der Waals surface area contributed by atoms with Crippen LogP contribution in [0.3, 0.4) is 0 Å². The van der Waals surface area contributed by atoms with Gasteiger partial charge < -0.3 is 10.1 Å². The highest BCUT2D eigenvalue weighted by molar-refractivity contribution is 5.59. The average molecular weight is 312 g/mol. The Balaban J connectivity index is 1.57. The van der Waals surface area contributed by atoms with Crippen LogP contribution in [0.1, 0.15) is 19.3 Å². The molecule has 0 aromatic carbocycles. The molecule has 0 bridgehead atoms. The third-order valence-electron chi connectivity index (χ3n) is 4.13. The minimum atomic E-state index is 0.237. The molecule has 0 spiro atoms. The maximum Gasteiger partial charge on any atom is 0.234 e. The van der Waals surface area contributed by atoms with Gasteiger partial charge in [0.05, 0.1) is 29.8 Å². The molecular weight excluding hydrogens is 292 g/mol. The fourth-order valence-electron chi connectivity index (χ4n) is 2.91. The molecule has 7 heteroatoms. The summed E-state index contributed by atoms with van der Waals surface area (Å²) in [6, 6.07) is 1.94. The van der Waals surface area contributed by atoms with E-state index in [0.717, 1.165) is 49.1 Å². The monoisotopic (exact) mass is 312 g/mol. The van der Waals surface area contributed by atoms with Crippen LogP contribution in [0.5, 0.6) is 5.88 Å². The predicted octanol–water partition coefficient (Wildman–Crippen LogP) is 1.65. The van der Waals surface area contributed by atoms with Gasteiger partial charge in [0.25, 0.3) is 0 Å². The quantitative estimate of drug-likeness (QED) is 0.796. The van der Waals surface area contributed by atoms with Crippen LogP contribution in [0.25, 0.3) is 16.8 Å². The summed E-state index contributed by atoms with van der Waals surface area (Å²) in [7, 11) is 1.89. The highest BCUT2D eigenvalue weighted by Gasteiger charge is 2.15. The Morgan fingerprint density at radius 2 is 2.17 bits per heavy atom. The normalized spacial score (nSPS) is 18.9. The Hall–Kier alpha value is -2.41. The molecule has 1 saturated heterocycles. The molecule has 23 heavy (non-hydrogen) atoms. The Labute approximate surface area is 134 Å². The number of aromatic nitrogens is 5. The first-order chi connectivity index (χ1) is 11.3. The molecule has 1 N–H and O–H groups in total. The van der Waals surface area contributed by atoms with Gasteiger partial charge in [0.15, 0.2) is 0 Å². The number of nitrogens with zero attached hydrogens (tertiary/aromatic N) is 5. The van der Waals surface area contributed by atoms with Crippen molar-refractivity contribution in [3.63, 3.8) is 0 Å². The molecule has 7 nitrogen and oxygen atoms in total. The smallest absolute Gasteiger partial charge is 0.234 e. The zero-order valence-corrected chi connectivity index (χ0v) is 13.1. The second-order valence-corrected chi connectivity index (χ2v) is 5.95. The summed E-state index contributed by atoms with van der Waals surface area (Å²) in [5, 5.41) is 12.1. The average Bonchev–Trinajstić information content (AvgIpc) is 3.06. The molecule has 1 aliphatic heterocycles. The van der Waals surface area contributed by atoms with Gasteiger partial charge in [-0.2, -0.15) is 5.10 Å². The van der Waals surface area contributed by atoms with Crippen LogP contribution >= 0.6 is 0 Å². The van der Waals surface area contributed by atoms with E-state index < -0.39 is 0 Å². The third kappa shape index (κ3) is 3.05. The van der Waals surface area contributed by atoms with Crippen LogP contribution in [0, 0.1) is 0 Å². The van der Waals surface area contributed by atoms with E-state index in [1.807, 2.05) is 36.2 Å². The first-order valence-electron chi connectivity index (χ1n) is 8.00. The topological polar surface area (TPSA) is 69.3 Å². The molecule has 4 rings (SSSR count). The van der Waals surface area contributed by atoms with Gasteiger partial charge in [0, 0.05) is 24.9 Å². The molecule has 4 heterocycles. The summed E-state index contributed by atoms with van der Waals surface area (Å²) in [6.07, 6.45) is 10.9. The van der Waals surface area contributed by atoms with E-state index in [1.165, 1.54) is 0 Å². The summed E-state index contributed by atoms with van der Waals surface area (Å²) in [4.78, 5) is 4.49. The van der Waals surface area contributed by atoms with Gasteiger partial charge in [-0.25, -0.2) is 4.52 Å². The Kier molecular flexibility index (Phi) is 3.70. The molecule has 1 aliphatic rings. The van der Waals surface area contributed by atoms with Crippen molar-refractivity contribution in [3.8, 4) is 17.1 Å². The lowest BCUT2D eigenvalue weighted by atomic mass is 10.2. The van der Waals surface area contributed by atoms with Crippen LogP contribution in [0.15, 0.2) is 30.9 Å². The zero-order chi connectivity index (χ0) is 15.6. The zero-order valence-electron chi connectivity index (χ0n) is 13.1. The molecule has 0 aliphatic carbocycles. The van der Waals surface area contributed by atoms with Crippen molar-refractivity contribution in [1.29, 1.82) is 0 Å². The van der Waals surface area contributed by atoms with E-state index in [1.54, 1.807) is 10.9 Å². The molecule has 0 radical (unpaired) electrons. The van der Waals surface area contributed by atoms with Gasteiger partial charge in [0.2, 0.25) is 5.88 Å². The predicted molar refractivity (Wildman–Crippen MR) is 86.3 cm³/mol. The van der Waals surface area contributed by atoms with Crippen molar-refractivity contribution >= 4 is 5.52 Å². The van der Waals surface area contributed by atoms with E-state index in [4.69, 9.17) is 4.74 Å². The lowest BCUT2D eigenvalue weighted by Crippen LogP contribution is -2.19. The second-order valence-electron chi connectivity index (χ2n) is 5.95. The number of nitrogens with one attached hydrogen (secondary N) is 1. The number of aryl methyl sites for hydroxylation is 1. The Morgan fingerprint density at radius 1 is 1.22 bits per heavy atom. The van der Waals surface area contributed by atoms with Crippen molar-refractivity contribution in [2.24, 2.45) is 7.05 Å². The summed E-state index contributed by atoms with van der Waals surface area (Å²) in [6.45, 7) is 2.08. The Morgan fingerprint density at radius 3 is 3.04 bits per heavy atom. The molecule has 0 saturated carbocycles. The van der Waals surface area contributed by atoms with Crippen LogP contribution in [-0.4, -0.2) is 43.6 Å². The molecule has 3 aromatic heterocycles. The van der Waals surface area contributed by atoms with Crippen LogP contribution in [-0.2, 0) is 7.05 Å². The van der Waals surface area contributed by atoms with Gasteiger partial charge in [-0.05, 0) is 32.4 Å². The molecule has 1 fully saturated rings. The van der Waals surface area contributed by atoms with Gasteiger partial charge >= 0.3 is 0 Å². The van der Waals surface area contributed by atoms with Crippen molar-refractivity contribution in [1.82, 2.24) is 29.7 Å². The Bertz CT molecular complexity index is 800. The minimum absolute atomic E-state index is 0.237.